The lowest BCUT2D eigenvalue weighted by Gasteiger charge is -2.04. The third-order valence-electron chi connectivity index (χ3n) is 2.79. The number of phenolic OH excluding ortho intramolecular Hbond substituents is 1. The lowest BCUT2D eigenvalue weighted by atomic mass is 10.2. The first-order valence-corrected chi connectivity index (χ1v) is 8.19. The zero-order valence-electron chi connectivity index (χ0n) is 11.0. The first-order valence-electron chi connectivity index (χ1n) is 5.95. The van der Waals surface area contributed by atoms with Crippen LogP contribution in [0.2, 0.25) is 10.0 Å². The molecule has 0 heterocycles. The van der Waals surface area contributed by atoms with Gasteiger partial charge in [0.05, 0.1) is 9.92 Å². The van der Waals surface area contributed by atoms with Crippen molar-refractivity contribution in [2.45, 2.75) is 4.90 Å². The van der Waals surface area contributed by atoms with Crippen LogP contribution in [0.5, 0.6) is 5.75 Å². The monoisotopic (exact) mass is 353 g/mol. The molecule has 4 nitrogen and oxygen atoms in total. The third kappa shape index (κ3) is 3.42. The fourth-order valence-corrected chi connectivity index (χ4v) is 3.15. The van der Waals surface area contributed by atoms with E-state index in [9.17, 15) is 13.5 Å². The van der Waals surface area contributed by atoms with Gasteiger partial charge in [0.2, 0.25) is 9.84 Å². The van der Waals surface area contributed by atoms with Crippen LogP contribution in [0, 0.1) is 11.3 Å². The van der Waals surface area contributed by atoms with Gasteiger partial charge in [-0.05, 0) is 48.0 Å². The molecule has 0 unspecified atom stereocenters. The van der Waals surface area contributed by atoms with Crippen LogP contribution >= 0.6 is 23.2 Å². The zero-order chi connectivity index (χ0) is 16.3. The van der Waals surface area contributed by atoms with Gasteiger partial charge in [-0.3, -0.25) is 0 Å². The summed E-state index contributed by atoms with van der Waals surface area (Å²) in [6.45, 7) is 0. The summed E-state index contributed by atoms with van der Waals surface area (Å²) in [5.41, 5.74) is 0.386. The Hall–Kier alpha value is -2.00. The van der Waals surface area contributed by atoms with Gasteiger partial charge in [-0.1, -0.05) is 29.3 Å². The average Bonchev–Trinajstić information content (AvgIpc) is 2.48. The van der Waals surface area contributed by atoms with Crippen molar-refractivity contribution in [3.05, 3.63) is 63.0 Å². The Bertz CT molecular complexity index is 882. The SMILES string of the molecule is N#CC(=Cc1ccc(O)c(Cl)c1)S(=O)(=O)c1ccc(Cl)cc1. The highest BCUT2D eigenvalue weighted by Gasteiger charge is 2.20. The van der Waals surface area contributed by atoms with E-state index in [1.165, 1.54) is 48.5 Å². The molecule has 0 spiro atoms. The van der Waals surface area contributed by atoms with Gasteiger partial charge in [0.15, 0.2) is 0 Å². The van der Waals surface area contributed by atoms with E-state index in [1.54, 1.807) is 6.07 Å². The van der Waals surface area contributed by atoms with Gasteiger partial charge in [-0.2, -0.15) is 5.26 Å². The van der Waals surface area contributed by atoms with E-state index in [4.69, 9.17) is 28.5 Å². The predicted molar refractivity (Wildman–Crippen MR) is 85.3 cm³/mol. The highest BCUT2D eigenvalue weighted by Crippen LogP contribution is 2.27. The summed E-state index contributed by atoms with van der Waals surface area (Å²) in [6.07, 6.45) is 1.19. The van der Waals surface area contributed by atoms with Crippen molar-refractivity contribution in [1.82, 2.24) is 0 Å². The first-order chi connectivity index (χ1) is 10.3. The van der Waals surface area contributed by atoms with Crippen LogP contribution in [0.3, 0.4) is 0 Å². The van der Waals surface area contributed by atoms with Gasteiger partial charge < -0.3 is 5.11 Å². The molecule has 0 aliphatic heterocycles. The summed E-state index contributed by atoms with van der Waals surface area (Å²) < 4.78 is 24.8. The minimum absolute atomic E-state index is 0.0328. The zero-order valence-corrected chi connectivity index (χ0v) is 13.3. The number of hydrogen-bond donors (Lipinski definition) is 1. The Labute approximate surface area is 137 Å². The van der Waals surface area contributed by atoms with E-state index in [1.807, 2.05) is 0 Å². The van der Waals surface area contributed by atoms with E-state index in [0.29, 0.717) is 10.6 Å². The Morgan fingerprint density at radius 1 is 1.14 bits per heavy atom. The van der Waals surface area contributed by atoms with Gasteiger partial charge in [0, 0.05) is 5.02 Å². The van der Waals surface area contributed by atoms with Gasteiger partial charge in [-0.15, -0.1) is 0 Å². The summed E-state index contributed by atoms with van der Waals surface area (Å²) in [4.78, 5) is -0.467. The minimum Gasteiger partial charge on any atom is -0.506 e. The molecule has 0 radical (unpaired) electrons. The van der Waals surface area contributed by atoms with Crippen molar-refractivity contribution < 1.29 is 13.5 Å². The quantitative estimate of drug-likeness (QED) is 0.844. The topological polar surface area (TPSA) is 78.2 Å². The molecule has 0 amide bonds. The van der Waals surface area contributed by atoms with Crippen molar-refractivity contribution in [2.75, 3.05) is 0 Å². The lowest BCUT2D eigenvalue weighted by Crippen LogP contribution is -2.03. The Morgan fingerprint density at radius 3 is 2.32 bits per heavy atom. The summed E-state index contributed by atoms with van der Waals surface area (Å²) in [5.74, 6) is -0.127. The van der Waals surface area contributed by atoms with E-state index in [0.717, 1.165) is 0 Å². The molecule has 7 heteroatoms. The number of hydrogen-bond acceptors (Lipinski definition) is 4. The Kier molecular flexibility index (Phi) is 4.77. The number of sulfone groups is 1. The number of rotatable bonds is 3. The summed E-state index contributed by atoms with van der Waals surface area (Å²) in [5, 5.41) is 19.0. The molecule has 0 bridgehead atoms. The van der Waals surface area contributed by atoms with Crippen LogP contribution < -0.4 is 0 Å². The number of halogens is 2. The molecular formula is C15H9Cl2NO3S. The molecule has 0 atom stereocenters. The maximum Gasteiger partial charge on any atom is 0.216 e. The number of nitriles is 1. The molecule has 0 saturated carbocycles. The Morgan fingerprint density at radius 2 is 1.77 bits per heavy atom. The third-order valence-corrected chi connectivity index (χ3v) is 5.03. The lowest BCUT2D eigenvalue weighted by molar-refractivity contribution is 0.475. The van der Waals surface area contributed by atoms with E-state index in [2.05, 4.69) is 0 Å². The normalized spacial score (nSPS) is 12.0. The molecule has 2 aromatic rings. The van der Waals surface area contributed by atoms with E-state index in [-0.39, 0.29) is 15.7 Å². The fraction of sp³-hybridized carbons (Fsp3) is 0. The van der Waals surface area contributed by atoms with Gasteiger partial charge in [0.25, 0.3) is 0 Å². The molecule has 2 aromatic carbocycles. The van der Waals surface area contributed by atoms with Gasteiger partial charge in [0.1, 0.15) is 16.7 Å². The number of phenols is 1. The second kappa shape index (κ2) is 6.41. The molecule has 22 heavy (non-hydrogen) atoms. The van der Waals surface area contributed by atoms with E-state index >= 15 is 0 Å². The van der Waals surface area contributed by atoms with Crippen LogP contribution in [0.4, 0.5) is 0 Å². The largest absolute Gasteiger partial charge is 0.506 e. The molecule has 0 saturated heterocycles. The average molecular weight is 354 g/mol. The number of allylic oxidation sites excluding steroid dienone is 1. The maximum atomic E-state index is 12.4. The molecule has 0 aromatic heterocycles. The maximum absolute atomic E-state index is 12.4. The van der Waals surface area contributed by atoms with Crippen molar-refractivity contribution in [3.8, 4) is 11.8 Å². The molecule has 0 fully saturated rings. The van der Waals surface area contributed by atoms with Crippen molar-refractivity contribution in [2.24, 2.45) is 0 Å². The van der Waals surface area contributed by atoms with Crippen LogP contribution in [0.25, 0.3) is 6.08 Å². The minimum atomic E-state index is -3.95. The second-order valence-electron chi connectivity index (χ2n) is 4.29. The summed E-state index contributed by atoms with van der Waals surface area (Å²) in [7, 11) is -3.95. The van der Waals surface area contributed by atoms with Crippen LogP contribution in [0.15, 0.2) is 52.3 Å². The highest BCUT2D eigenvalue weighted by molar-refractivity contribution is 7.95. The molecule has 2 rings (SSSR count). The molecule has 112 valence electrons. The fourth-order valence-electron chi connectivity index (χ4n) is 1.67. The van der Waals surface area contributed by atoms with Crippen molar-refractivity contribution in [1.29, 1.82) is 5.26 Å². The standard InChI is InChI=1S/C15H9Cl2NO3S/c16-11-2-4-12(5-3-11)22(20,21)13(9-18)7-10-1-6-15(19)14(17)8-10/h1-8,19H. The molecule has 0 aliphatic carbocycles. The number of nitrogens with zero attached hydrogens (tertiary/aromatic N) is 1. The molecule has 0 aliphatic rings. The molecule has 1 N–H and O–H groups in total. The van der Waals surface area contributed by atoms with Crippen LogP contribution in [-0.4, -0.2) is 13.5 Å². The van der Waals surface area contributed by atoms with E-state index < -0.39 is 14.7 Å². The highest BCUT2D eigenvalue weighted by atomic mass is 35.5. The number of aromatic hydroxyl groups is 1. The van der Waals surface area contributed by atoms with Crippen molar-refractivity contribution in [3.63, 3.8) is 0 Å². The number of benzene rings is 2. The first kappa shape index (κ1) is 16.4. The van der Waals surface area contributed by atoms with Crippen LogP contribution in [0.1, 0.15) is 5.56 Å². The predicted octanol–water partition coefficient (Wildman–Crippen LogP) is 4.04. The molecular weight excluding hydrogens is 345 g/mol. The van der Waals surface area contributed by atoms with Crippen molar-refractivity contribution >= 4 is 39.1 Å². The van der Waals surface area contributed by atoms with Gasteiger partial charge in [-0.25, -0.2) is 8.42 Å². The summed E-state index contributed by atoms with van der Waals surface area (Å²) >= 11 is 11.5. The Balaban J connectivity index is 2.51. The summed E-state index contributed by atoms with van der Waals surface area (Å²) in [6, 6.07) is 11.3. The smallest absolute Gasteiger partial charge is 0.216 e. The second-order valence-corrected chi connectivity index (χ2v) is 7.05. The van der Waals surface area contributed by atoms with Crippen LogP contribution in [-0.2, 0) is 9.84 Å². The van der Waals surface area contributed by atoms with Gasteiger partial charge >= 0.3 is 0 Å².